The number of fused-ring (bicyclic) bond motifs is 1. The topological polar surface area (TPSA) is 31.6 Å². The summed E-state index contributed by atoms with van der Waals surface area (Å²) in [5, 5.41) is 3.50. The van der Waals surface area contributed by atoms with Gasteiger partial charge in [-0.25, -0.2) is 0 Å². The van der Waals surface area contributed by atoms with E-state index in [0.717, 1.165) is 22.3 Å². The smallest absolute Gasteiger partial charge is 0.0465 e. The van der Waals surface area contributed by atoms with Crippen molar-refractivity contribution in [2.24, 2.45) is 0 Å². The Morgan fingerprint density at radius 1 is 1.05 bits per heavy atom. The van der Waals surface area contributed by atoms with Gasteiger partial charge in [-0.05, 0) is 32.1 Å². The zero-order chi connectivity index (χ0) is 15.7. The molecule has 110 valence electrons. The maximum absolute atomic E-state index is 3.97. The Bertz CT molecular complexity index is 981. The lowest BCUT2D eigenvalue weighted by molar-refractivity contribution is 1.22. The number of benzene rings is 1. The molecule has 2 heteroatoms. The fourth-order valence-corrected chi connectivity index (χ4v) is 3.13. The van der Waals surface area contributed by atoms with Crippen LogP contribution in [0.5, 0.6) is 0 Å². The van der Waals surface area contributed by atoms with Crippen LogP contribution < -0.4 is 10.6 Å². The molecule has 0 bridgehead atoms. The summed E-state index contributed by atoms with van der Waals surface area (Å²) < 4.78 is 0. The fourth-order valence-electron chi connectivity index (χ4n) is 3.13. The van der Waals surface area contributed by atoms with E-state index in [9.17, 15) is 0 Å². The Labute approximate surface area is 130 Å². The van der Waals surface area contributed by atoms with E-state index in [0.29, 0.717) is 0 Å². The van der Waals surface area contributed by atoms with Crippen molar-refractivity contribution >= 4 is 29.1 Å². The van der Waals surface area contributed by atoms with Gasteiger partial charge >= 0.3 is 0 Å². The van der Waals surface area contributed by atoms with Gasteiger partial charge in [0.1, 0.15) is 0 Å². The summed E-state index contributed by atoms with van der Waals surface area (Å²) in [6, 6.07) is 8.36. The third kappa shape index (κ3) is 2.04. The van der Waals surface area contributed by atoms with E-state index in [-0.39, 0.29) is 0 Å². The van der Waals surface area contributed by atoms with Crippen LogP contribution in [0.2, 0.25) is 0 Å². The number of rotatable bonds is 3. The second-order valence-electron chi connectivity index (χ2n) is 5.31. The van der Waals surface area contributed by atoms with Crippen molar-refractivity contribution in [3.63, 3.8) is 0 Å². The molecule has 2 N–H and O–H groups in total. The lowest BCUT2D eigenvalue weighted by atomic mass is 10.00. The molecule has 1 aromatic carbocycles. The van der Waals surface area contributed by atoms with Gasteiger partial charge in [-0.1, -0.05) is 43.5 Å². The van der Waals surface area contributed by atoms with Gasteiger partial charge in [-0.15, -0.1) is 0 Å². The molecule has 0 radical (unpaired) electrons. The Hall–Kier alpha value is -2.74. The molecule has 0 unspecified atom stereocenters. The SMILES string of the molecule is C=C/C=c1/[nH]c(C)c(-c2c(C=C)[nH]c3ccccc23)/c1=C/C. The summed E-state index contributed by atoms with van der Waals surface area (Å²) in [4.78, 5) is 6.92. The predicted molar refractivity (Wildman–Crippen MR) is 97.0 cm³/mol. The van der Waals surface area contributed by atoms with E-state index in [1.807, 2.05) is 24.3 Å². The summed E-state index contributed by atoms with van der Waals surface area (Å²) in [5.74, 6) is 0. The van der Waals surface area contributed by atoms with Gasteiger partial charge < -0.3 is 9.97 Å². The average Bonchev–Trinajstić information content (AvgIpc) is 3.04. The van der Waals surface area contributed by atoms with Crippen molar-refractivity contribution in [3.8, 4) is 11.1 Å². The second kappa shape index (κ2) is 5.57. The number of H-pyrrole nitrogens is 2. The Morgan fingerprint density at radius 2 is 1.82 bits per heavy atom. The highest BCUT2D eigenvalue weighted by molar-refractivity contribution is 6.00. The van der Waals surface area contributed by atoms with Crippen LogP contribution in [0.15, 0.2) is 43.5 Å². The lowest BCUT2D eigenvalue weighted by Gasteiger charge is -2.02. The van der Waals surface area contributed by atoms with E-state index in [1.54, 1.807) is 0 Å². The molecule has 2 nitrogen and oxygen atoms in total. The molecule has 0 aliphatic rings. The zero-order valence-electron chi connectivity index (χ0n) is 13.0. The molecule has 0 spiro atoms. The molecule has 0 fully saturated rings. The molecule has 0 saturated heterocycles. The van der Waals surface area contributed by atoms with Crippen LogP contribution in [-0.4, -0.2) is 9.97 Å². The molecule has 2 aromatic heterocycles. The number of allylic oxidation sites excluding steroid dienone is 1. The van der Waals surface area contributed by atoms with Gasteiger partial charge in [0.25, 0.3) is 0 Å². The quantitative estimate of drug-likeness (QED) is 0.733. The first kappa shape index (κ1) is 14.2. The first-order chi connectivity index (χ1) is 10.7. The molecule has 0 amide bonds. The summed E-state index contributed by atoms with van der Waals surface area (Å²) in [5.41, 5.74) is 5.76. The minimum Gasteiger partial charge on any atom is -0.358 e. The first-order valence-electron chi connectivity index (χ1n) is 7.42. The predicted octanol–water partition coefficient (Wildman–Crippen LogP) is 3.88. The fraction of sp³-hybridized carbons (Fsp3) is 0.100. The van der Waals surface area contributed by atoms with Crippen LogP contribution in [0, 0.1) is 6.92 Å². The molecule has 22 heavy (non-hydrogen) atoms. The number of aryl methyl sites for hydroxylation is 1. The summed E-state index contributed by atoms with van der Waals surface area (Å²) >= 11 is 0. The normalized spacial score (nSPS) is 13.0. The Balaban J connectivity index is 2.50. The summed E-state index contributed by atoms with van der Waals surface area (Å²) in [7, 11) is 0. The van der Waals surface area contributed by atoms with E-state index < -0.39 is 0 Å². The highest BCUT2D eigenvalue weighted by atomic mass is 14.7. The van der Waals surface area contributed by atoms with Gasteiger partial charge in [0.15, 0.2) is 0 Å². The minimum atomic E-state index is 1.05. The van der Waals surface area contributed by atoms with E-state index in [2.05, 4.69) is 61.2 Å². The monoisotopic (exact) mass is 288 g/mol. The van der Waals surface area contributed by atoms with Crippen LogP contribution in [0.25, 0.3) is 40.3 Å². The van der Waals surface area contributed by atoms with E-state index >= 15 is 0 Å². The van der Waals surface area contributed by atoms with E-state index in [1.165, 1.54) is 21.7 Å². The molecular formula is C20H20N2. The van der Waals surface area contributed by atoms with Crippen molar-refractivity contribution in [1.29, 1.82) is 0 Å². The lowest BCUT2D eigenvalue weighted by Crippen LogP contribution is -2.23. The minimum absolute atomic E-state index is 1.05. The number of para-hydroxylation sites is 1. The van der Waals surface area contributed by atoms with Crippen LogP contribution in [0.4, 0.5) is 0 Å². The molecular weight excluding hydrogens is 268 g/mol. The first-order valence-corrected chi connectivity index (χ1v) is 7.42. The number of aromatic nitrogens is 2. The van der Waals surface area contributed by atoms with Crippen LogP contribution >= 0.6 is 0 Å². The van der Waals surface area contributed by atoms with Crippen molar-refractivity contribution < 1.29 is 0 Å². The number of hydrogen-bond acceptors (Lipinski definition) is 0. The molecule has 0 aliphatic heterocycles. The maximum atomic E-state index is 3.97. The van der Waals surface area contributed by atoms with Gasteiger partial charge in [-0.3, -0.25) is 0 Å². The third-order valence-electron chi connectivity index (χ3n) is 4.02. The maximum Gasteiger partial charge on any atom is 0.0465 e. The highest BCUT2D eigenvalue weighted by Gasteiger charge is 2.16. The van der Waals surface area contributed by atoms with Crippen molar-refractivity contribution in [2.75, 3.05) is 0 Å². The van der Waals surface area contributed by atoms with Crippen molar-refractivity contribution in [1.82, 2.24) is 9.97 Å². The molecule has 2 heterocycles. The Kier molecular flexibility index (Phi) is 3.60. The number of aromatic amines is 2. The van der Waals surface area contributed by atoms with Gasteiger partial charge in [-0.2, -0.15) is 0 Å². The van der Waals surface area contributed by atoms with Gasteiger partial charge in [0.2, 0.25) is 0 Å². The standard InChI is InChI=1S/C20H20N2/c1-5-10-17-14(6-2)19(13(4)21-17)20-15-11-8-9-12-18(15)22-16(20)7-3/h5-12,21-22H,1,3H2,2,4H3/b14-6+,17-10+. The van der Waals surface area contributed by atoms with E-state index in [4.69, 9.17) is 0 Å². The number of hydrogen-bond donors (Lipinski definition) is 2. The molecule has 0 atom stereocenters. The van der Waals surface area contributed by atoms with Gasteiger partial charge in [0, 0.05) is 44.0 Å². The highest BCUT2D eigenvalue weighted by Crippen LogP contribution is 2.32. The van der Waals surface area contributed by atoms with Crippen LogP contribution in [0.1, 0.15) is 18.3 Å². The second-order valence-corrected chi connectivity index (χ2v) is 5.31. The third-order valence-corrected chi connectivity index (χ3v) is 4.02. The van der Waals surface area contributed by atoms with Gasteiger partial charge in [0.05, 0.1) is 0 Å². The molecule has 0 saturated carbocycles. The largest absolute Gasteiger partial charge is 0.358 e. The molecule has 3 rings (SSSR count). The van der Waals surface area contributed by atoms with Crippen LogP contribution in [0.3, 0.4) is 0 Å². The molecule has 3 aromatic rings. The number of nitrogens with one attached hydrogen (secondary N) is 2. The average molecular weight is 288 g/mol. The zero-order valence-corrected chi connectivity index (χ0v) is 13.0. The van der Waals surface area contributed by atoms with Crippen molar-refractivity contribution in [2.45, 2.75) is 13.8 Å². The summed E-state index contributed by atoms with van der Waals surface area (Å²) in [6.45, 7) is 11.9. The van der Waals surface area contributed by atoms with Crippen LogP contribution in [-0.2, 0) is 0 Å². The summed E-state index contributed by atoms with van der Waals surface area (Å²) in [6.07, 6.45) is 7.85. The Morgan fingerprint density at radius 3 is 2.50 bits per heavy atom. The van der Waals surface area contributed by atoms with Crippen molar-refractivity contribution in [3.05, 3.63) is 65.5 Å². The molecule has 0 aliphatic carbocycles.